The van der Waals surface area contributed by atoms with E-state index in [1.807, 2.05) is 47.5 Å². The zero-order chi connectivity index (χ0) is 24.9. The lowest BCUT2D eigenvalue weighted by atomic mass is 10.1. The lowest BCUT2D eigenvalue weighted by Crippen LogP contribution is -2.45. The molecule has 0 fully saturated rings. The largest absolute Gasteiger partial charge is 0.383 e. The normalized spacial score (nSPS) is 11.1. The first-order valence-corrected chi connectivity index (χ1v) is 12.6. The van der Waals surface area contributed by atoms with Gasteiger partial charge in [0.05, 0.1) is 19.7 Å². The highest BCUT2D eigenvalue weighted by Crippen LogP contribution is 2.18. The molecule has 0 aliphatic carbocycles. The van der Waals surface area contributed by atoms with E-state index in [2.05, 4.69) is 25.3 Å². The van der Waals surface area contributed by atoms with Crippen LogP contribution in [0.15, 0.2) is 42.6 Å². The summed E-state index contributed by atoms with van der Waals surface area (Å²) in [6.45, 7) is 8.97. The fraction of sp³-hybridized carbons (Fsp3) is 0.556. The smallest absolute Gasteiger partial charge is 0.242 e. The molecular formula is C27H40ClN3O3. The minimum Gasteiger partial charge on any atom is -0.383 e. The molecule has 1 aromatic carbocycles. The second kappa shape index (κ2) is 14.8. The van der Waals surface area contributed by atoms with Gasteiger partial charge in [-0.3, -0.25) is 9.59 Å². The third kappa shape index (κ3) is 9.15. The van der Waals surface area contributed by atoms with Gasteiger partial charge in [-0.1, -0.05) is 63.4 Å². The van der Waals surface area contributed by atoms with Gasteiger partial charge >= 0.3 is 0 Å². The maximum Gasteiger partial charge on any atom is 0.242 e. The third-order valence-corrected chi connectivity index (χ3v) is 6.12. The monoisotopic (exact) mass is 489 g/mol. The van der Waals surface area contributed by atoms with Crippen LogP contribution >= 0.6 is 11.6 Å². The van der Waals surface area contributed by atoms with Crippen molar-refractivity contribution in [1.29, 1.82) is 0 Å². The number of aromatic nitrogens is 1. The van der Waals surface area contributed by atoms with Crippen molar-refractivity contribution in [3.63, 3.8) is 0 Å². The molecule has 2 amide bonds. The maximum atomic E-state index is 13.4. The molecule has 7 heteroatoms. The van der Waals surface area contributed by atoms with Crippen molar-refractivity contribution >= 4 is 23.4 Å². The van der Waals surface area contributed by atoms with Gasteiger partial charge in [0, 0.05) is 50.1 Å². The zero-order valence-corrected chi connectivity index (χ0v) is 21.9. The van der Waals surface area contributed by atoms with Crippen molar-refractivity contribution in [2.75, 3.05) is 33.4 Å². The second-order valence-corrected chi connectivity index (χ2v) is 9.56. The van der Waals surface area contributed by atoms with Crippen molar-refractivity contribution in [2.24, 2.45) is 5.92 Å². The Labute approximate surface area is 209 Å². The van der Waals surface area contributed by atoms with E-state index < -0.39 is 0 Å². The van der Waals surface area contributed by atoms with Crippen molar-refractivity contribution in [3.8, 4) is 0 Å². The second-order valence-electron chi connectivity index (χ2n) is 9.15. The van der Waals surface area contributed by atoms with Crippen molar-refractivity contribution in [2.45, 2.75) is 59.5 Å². The van der Waals surface area contributed by atoms with Crippen LogP contribution in [0.1, 0.15) is 57.7 Å². The molecule has 0 radical (unpaired) electrons. The molecule has 0 saturated heterocycles. The molecule has 0 aliphatic heterocycles. The standard InChI is InChI=1S/C27H40ClN3O3/c1-5-6-7-14-26(32)30(16-17-34-4)21-27(33)31(18-22(2)3)20-24-12-10-15-29(24)19-23-11-8-9-13-25(23)28/h8-13,15,22H,5-7,14,16-21H2,1-4H3. The number of hydrogen-bond donors (Lipinski definition) is 0. The van der Waals surface area contributed by atoms with Crippen LogP contribution in [0.3, 0.4) is 0 Å². The summed E-state index contributed by atoms with van der Waals surface area (Å²) in [5.41, 5.74) is 2.07. The number of ether oxygens (including phenoxy) is 1. The molecule has 0 saturated carbocycles. The highest BCUT2D eigenvalue weighted by atomic mass is 35.5. The molecule has 0 spiro atoms. The number of methoxy groups -OCH3 is 1. The third-order valence-electron chi connectivity index (χ3n) is 5.75. The average molecular weight is 490 g/mol. The summed E-state index contributed by atoms with van der Waals surface area (Å²) < 4.78 is 7.31. The summed E-state index contributed by atoms with van der Waals surface area (Å²) in [5, 5.41) is 0.729. The summed E-state index contributed by atoms with van der Waals surface area (Å²) in [4.78, 5) is 29.7. The molecule has 1 heterocycles. The van der Waals surface area contributed by atoms with Crippen LogP contribution in [-0.2, 0) is 27.4 Å². The molecule has 1 aromatic heterocycles. The predicted octanol–water partition coefficient (Wildman–Crippen LogP) is 5.23. The maximum absolute atomic E-state index is 13.4. The van der Waals surface area contributed by atoms with Crippen LogP contribution in [0.2, 0.25) is 5.02 Å². The molecule has 0 atom stereocenters. The van der Waals surface area contributed by atoms with Crippen LogP contribution in [-0.4, -0.2) is 59.5 Å². The number of halogens is 1. The molecule has 6 nitrogen and oxygen atoms in total. The highest BCUT2D eigenvalue weighted by molar-refractivity contribution is 6.31. The van der Waals surface area contributed by atoms with E-state index >= 15 is 0 Å². The summed E-state index contributed by atoms with van der Waals surface area (Å²) in [5.74, 6) is 0.285. The van der Waals surface area contributed by atoms with Gasteiger partial charge in [0.15, 0.2) is 0 Å². The van der Waals surface area contributed by atoms with Gasteiger partial charge in [0.2, 0.25) is 11.8 Å². The molecule has 0 unspecified atom stereocenters. The number of hydrogen-bond acceptors (Lipinski definition) is 3. The molecule has 0 aliphatic rings. The fourth-order valence-corrected chi connectivity index (χ4v) is 4.08. The van der Waals surface area contributed by atoms with Gasteiger partial charge in [0.1, 0.15) is 0 Å². The van der Waals surface area contributed by atoms with Crippen LogP contribution < -0.4 is 0 Å². The van der Waals surface area contributed by atoms with Crippen molar-refractivity contribution in [3.05, 3.63) is 58.9 Å². The van der Waals surface area contributed by atoms with Crippen molar-refractivity contribution in [1.82, 2.24) is 14.4 Å². The topological polar surface area (TPSA) is 54.8 Å². The van der Waals surface area contributed by atoms with Gasteiger partial charge in [-0.15, -0.1) is 0 Å². The number of benzene rings is 1. The summed E-state index contributed by atoms with van der Waals surface area (Å²) >= 11 is 6.37. The molecule has 34 heavy (non-hydrogen) atoms. The molecule has 2 aromatic rings. The Morgan fingerprint density at radius 3 is 2.50 bits per heavy atom. The Balaban J connectivity index is 2.13. The Hall–Kier alpha value is -2.31. The molecule has 2 rings (SSSR count). The summed E-state index contributed by atoms with van der Waals surface area (Å²) in [7, 11) is 1.61. The Bertz CT molecular complexity index is 897. The first-order valence-electron chi connectivity index (χ1n) is 12.3. The van der Waals surface area contributed by atoms with E-state index in [4.69, 9.17) is 16.3 Å². The van der Waals surface area contributed by atoms with Crippen LogP contribution in [0, 0.1) is 5.92 Å². The summed E-state index contributed by atoms with van der Waals surface area (Å²) in [6.07, 6.45) is 5.40. The molecular weight excluding hydrogens is 450 g/mol. The number of carbonyl (C=O) groups is 2. The first-order chi connectivity index (χ1) is 16.3. The van der Waals surface area contributed by atoms with E-state index in [0.29, 0.717) is 45.1 Å². The Morgan fingerprint density at radius 1 is 1.06 bits per heavy atom. The van der Waals surface area contributed by atoms with Gasteiger partial charge in [-0.25, -0.2) is 0 Å². The van der Waals surface area contributed by atoms with E-state index in [-0.39, 0.29) is 18.4 Å². The quantitative estimate of drug-likeness (QED) is 0.322. The molecule has 188 valence electrons. The highest BCUT2D eigenvalue weighted by Gasteiger charge is 2.22. The number of unbranched alkanes of at least 4 members (excludes halogenated alkanes) is 2. The number of rotatable bonds is 15. The molecule has 0 N–H and O–H groups in total. The lowest BCUT2D eigenvalue weighted by Gasteiger charge is -2.29. The number of amides is 2. The zero-order valence-electron chi connectivity index (χ0n) is 21.1. The minimum atomic E-state index is -0.0425. The van der Waals surface area contributed by atoms with E-state index in [9.17, 15) is 9.59 Å². The van der Waals surface area contributed by atoms with Gasteiger partial charge in [-0.05, 0) is 36.1 Å². The first kappa shape index (κ1) is 27.9. The van der Waals surface area contributed by atoms with E-state index in [0.717, 1.165) is 35.5 Å². The Morgan fingerprint density at radius 2 is 1.82 bits per heavy atom. The van der Waals surface area contributed by atoms with Crippen LogP contribution in [0.5, 0.6) is 0 Å². The SMILES string of the molecule is CCCCCC(=O)N(CCOC)CC(=O)N(Cc1cccn1Cc1ccccc1Cl)CC(C)C. The van der Waals surface area contributed by atoms with Gasteiger partial charge < -0.3 is 19.1 Å². The average Bonchev–Trinajstić information content (AvgIpc) is 3.23. The van der Waals surface area contributed by atoms with Crippen LogP contribution in [0.4, 0.5) is 0 Å². The number of carbonyl (C=O) groups excluding carboxylic acids is 2. The Kier molecular flexibility index (Phi) is 12.2. The van der Waals surface area contributed by atoms with E-state index in [1.165, 1.54) is 0 Å². The fourth-order valence-electron chi connectivity index (χ4n) is 3.89. The van der Waals surface area contributed by atoms with Gasteiger partial charge in [0.25, 0.3) is 0 Å². The minimum absolute atomic E-state index is 0.0189. The van der Waals surface area contributed by atoms with E-state index in [1.54, 1.807) is 12.0 Å². The van der Waals surface area contributed by atoms with Crippen LogP contribution in [0.25, 0.3) is 0 Å². The molecule has 0 bridgehead atoms. The summed E-state index contributed by atoms with van der Waals surface area (Å²) in [6, 6.07) is 11.8. The van der Waals surface area contributed by atoms with Crippen molar-refractivity contribution < 1.29 is 14.3 Å². The predicted molar refractivity (Wildman–Crippen MR) is 138 cm³/mol. The van der Waals surface area contributed by atoms with Gasteiger partial charge in [-0.2, -0.15) is 0 Å². The number of nitrogens with zero attached hydrogens (tertiary/aromatic N) is 3. The lowest BCUT2D eigenvalue weighted by molar-refractivity contribution is -0.141.